The molecule has 0 bridgehead atoms. The van der Waals surface area contributed by atoms with Crippen LogP contribution in [0.1, 0.15) is 23.4 Å². The minimum absolute atomic E-state index is 0.0675. The van der Waals surface area contributed by atoms with E-state index in [2.05, 4.69) is 0 Å². The van der Waals surface area contributed by atoms with E-state index in [4.69, 9.17) is 5.11 Å². The van der Waals surface area contributed by atoms with Crippen molar-refractivity contribution in [2.24, 2.45) is 0 Å². The molecule has 0 aliphatic carbocycles. The van der Waals surface area contributed by atoms with Crippen LogP contribution in [0.25, 0.3) is 0 Å². The van der Waals surface area contributed by atoms with E-state index >= 15 is 0 Å². The summed E-state index contributed by atoms with van der Waals surface area (Å²) in [5, 5.41) is 8.56. The fourth-order valence-corrected chi connectivity index (χ4v) is 3.99. The van der Waals surface area contributed by atoms with Crippen molar-refractivity contribution in [2.75, 3.05) is 5.75 Å². The summed E-state index contributed by atoms with van der Waals surface area (Å²) in [5.74, 6) is 1.19. The molecule has 2 rings (SSSR count). The van der Waals surface area contributed by atoms with Crippen LogP contribution in [0.2, 0.25) is 0 Å². The van der Waals surface area contributed by atoms with Gasteiger partial charge in [0.1, 0.15) is 0 Å². The number of carbonyl (C=O) groups is 1. The Morgan fingerprint density at radius 3 is 3.06 bits per heavy atom. The van der Waals surface area contributed by atoms with Crippen LogP contribution in [0.3, 0.4) is 0 Å². The van der Waals surface area contributed by atoms with Crippen molar-refractivity contribution >= 4 is 29.1 Å². The third kappa shape index (κ3) is 2.49. The Bertz CT molecular complexity index is 449. The number of hydrogen-bond acceptors (Lipinski definition) is 4. The monoisotopic (exact) mass is 259 g/mol. The van der Waals surface area contributed by atoms with Gasteiger partial charge in [-0.25, -0.2) is 0 Å². The number of nitrogens with zero attached hydrogens (tertiary/aromatic N) is 1. The van der Waals surface area contributed by atoms with E-state index < -0.39 is 5.97 Å². The molecule has 1 aliphatic heterocycles. The SMILES string of the molecule is O=C(O)CCCn1c2c(sc1=O)CSCC2. The van der Waals surface area contributed by atoms with Crippen LogP contribution in [0.15, 0.2) is 4.79 Å². The van der Waals surface area contributed by atoms with Crippen molar-refractivity contribution in [2.45, 2.75) is 31.6 Å². The highest BCUT2D eigenvalue weighted by Crippen LogP contribution is 2.26. The standard InChI is InChI=1S/C10H13NO3S2/c12-9(13)2-1-4-11-7-3-5-15-6-8(7)16-10(11)14/h1-6H2,(H,12,13). The van der Waals surface area contributed by atoms with Crippen LogP contribution in [0, 0.1) is 0 Å². The second-order valence-electron chi connectivity index (χ2n) is 3.69. The molecule has 2 heterocycles. The summed E-state index contributed by atoms with van der Waals surface area (Å²) in [4.78, 5) is 23.4. The summed E-state index contributed by atoms with van der Waals surface area (Å²) in [6.45, 7) is 0.543. The highest BCUT2D eigenvalue weighted by atomic mass is 32.2. The number of carboxylic acid groups (broad SMARTS) is 1. The first-order valence-electron chi connectivity index (χ1n) is 5.19. The molecule has 88 valence electrons. The predicted molar refractivity (Wildman–Crippen MR) is 65.3 cm³/mol. The minimum atomic E-state index is -0.798. The molecule has 1 aromatic rings. The number of aromatic nitrogens is 1. The zero-order valence-corrected chi connectivity index (χ0v) is 10.4. The van der Waals surface area contributed by atoms with E-state index in [-0.39, 0.29) is 11.3 Å². The Kier molecular flexibility index (Phi) is 3.70. The summed E-state index contributed by atoms with van der Waals surface area (Å²) in [6.07, 6.45) is 1.60. The second-order valence-corrected chi connectivity index (χ2v) is 5.84. The lowest BCUT2D eigenvalue weighted by molar-refractivity contribution is -0.137. The highest BCUT2D eigenvalue weighted by Gasteiger charge is 2.17. The molecule has 0 saturated carbocycles. The van der Waals surface area contributed by atoms with E-state index in [0.29, 0.717) is 13.0 Å². The van der Waals surface area contributed by atoms with Crippen molar-refractivity contribution in [3.63, 3.8) is 0 Å². The zero-order valence-electron chi connectivity index (χ0n) is 8.77. The second kappa shape index (κ2) is 5.05. The van der Waals surface area contributed by atoms with Crippen molar-refractivity contribution < 1.29 is 9.90 Å². The quantitative estimate of drug-likeness (QED) is 0.891. The van der Waals surface area contributed by atoms with Gasteiger partial charge in [-0.2, -0.15) is 11.8 Å². The number of rotatable bonds is 4. The Hall–Kier alpha value is -0.750. The number of hydrogen-bond donors (Lipinski definition) is 1. The Morgan fingerprint density at radius 2 is 2.31 bits per heavy atom. The van der Waals surface area contributed by atoms with E-state index in [1.807, 2.05) is 11.8 Å². The first kappa shape index (κ1) is 11.7. The van der Waals surface area contributed by atoms with Crippen LogP contribution in [0.4, 0.5) is 0 Å². The first-order valence-corrected chi connectivity index (χ1v) is 7.16. The normalized spacial score (nSPS) is 14.8. The van der Waals surface area contributed by atoms with E-state index in [1.54, 1.807) is 4.57 Å². The summed E-state index contributed by atoms with van der Waals surface area (Å²) in [5.41, 5.74) is 1.14. The number of fused-ring (bicyclic) bond motifs is 1. The fraction of sp³-hybridized carbons (Fsp3) is 0.600. The third-order valence-electron chi connectivity index (χ3n) is 2.57. The van der Waals surface area contributed by atoms with Gasteiger partial charge in [-0.05, 0) is 18.6 Å². The smallest absolute Gasteiger partial charge is 0.307 e. The van der Waals surface area contributed by atoms with Gasteiger partial charge in [-0.15, -0.1) is 0 Å². The van der Waals surface area contributed by atoms with Crippen molar-refractivity contribution in [3.05, 3.63) is 20.2 Å². The van der Waals surface area contributed by atoms with Crippen molar-refractivity contribution in [1.82, 2.24) is 4.57 Å². The topological polar surface area (TPSA) is 59.3 Å². The third-order valence-corrected chi connectivity index (χ3v) is 4.76. The minimum Gasteiger partial charge on any atom is -0.481 e. The van der Waals surface area contributed by atoms with Crippen LogP contribution in [-0.2, 0) is 23.5 Å². The number of carboxylic acids is 1. The zero-order chi connectivity index (χ0) is 11.5. The molecule has 0 amide bonds. The highest BCUT2D eigenvalue weighted by molar-refractivity contribution is 7.98. The molecule has 1 N–H and O–H groups in total. The van der Waals surface area contributed by atoms with Crippen LogP contribution >= 0.6 is 23.1 Å². The summed E-state index contributed by atoms with van der Waals surface area (Å²) < 4.78 is 1.77. The van der Waals surface area contributed by atoms with E-state index in [9.17, 15) is 9.59 Å². The lowest BCUT2D eigenvalue weighted by atomic mass is 10.2. The van der Waals surface area contributed by atoms with E-state index in [0.717, 1.165) is 23.6 Å². The van der Waals surface area contributed by atoms with Crippen LogP contribution in [0.5, 0.6) is 0 Å². The summed E-state index contributed by atoms with van der Waals surface area (Å²) >= 11 is 3.17. The van der Waals surface area contributed by atoms with Gasteiger partial charge in [0.25, 0.3) is 0 Å². The predicted octanol–water partition coefficient (Wildman–Crippen LogP) is 1.56. The van der Waals surface area contributed by atoms with Crippen LogP contribution < -0.4 is 4.87 Å². The molecular weight excluding hydrogens is 246 g/mol. The molecule has 6 heteroatoms. The number of thiazole rings is 1. The molecule has 0 unspecified atom stereocenters. The van der Waals surface area contributed by atoms with Gasteiger partial charge in [0, 0.05) is 29.3 Å². The molecule has 0 spiro atoms. The molecular formula is C10H13NO3S2. The molecule has 16 heavy (non-hydrogen) atoms. The average molecular weight is 259 g/mol. The largest absolute Gasteiger partial charge is 0.481 e. The fourth-order valence-electron chi connectivity index (χ4n) is 1.82. The Labute approximate surface area is 101 Å². The average Bonchev–Trinajstić information content (AvgIpc) is 2.55. The number of thioether (sulfide) groups is 1. The lowest BCUT2D eigenvalue weighted by Gasteiger charge is -2.13. The van der Waals surface area contributed by atoms with Gasteiger partial charge in [-0.1, -0.05) is 11.3 Å². The molecule has 4 nitrogen and oxygen atoms in total. The maximum absolute atomic E-state index is 11.7. The summed E-state index contributed by atoms with van der Waals surface area (Å²) in [7, 11) is 0. The molecule has 1 aromatic heterocycles. The maximum Gasteiger partial charge on any atom is 0.307 e. The first-order chi connectivity index (χ1) is 7.68. The summed E-state index contributed by atoms with van der Waals surface area (Å²) in [6, 6.07) is 0. The van der Waals surface area contributed by atoms with Gasteiger partial charge < -0.3 is 9.67 Å². The van der Waals surface area contributed by atoms with Crippen LogP contribution in [-0.4, -0.2) is 21.4 Å². The lowest BCUT2D eigenvalue weighted by Crippen LogP contribution is -2.18. The van der Waals surface area contributed by atoms with Gasteiger partial charge in [0.2, 0.25) is 0 Å². The molecule has 0 fully saturated rings. The van der Waals surface area contributed by atoms with Crippen molar-refractivity contribution in [1.29, 1.82) is 0 Å². The van der Waals surface area contributed by atoms with Gasteiger partial charge in [-0.3, -0.25) is 9.59 Å². The van der Waals surface area contributed by atoms with Gasteiger partial charge in [0.15, 0.2) is 0 Å². The molecule has 0 aromatic carbocycles. The number of aliphatic carboxylic acids is 1. The molecule has 1 aliphatic rings. The van der Waals surface area contributed by atoms with E-state index in [1.165, 1.54) is 16.2 Å². The molecule has 0 saturated heterocycles. The van der Waals surface area contributed by atoms with Crippen molar-refractivity contribution in [3.8, 4) is 0 Å². The Morgan fingerprint density at radius 1 is 1.50 bits per heavy atom. The molecule has 0 radical (unpaired) electrons. The maximum atomic E-state index is 11.7. The Balaban J connectivity index is 2.11. The van der Waals surface area contributed by atoms with Gasteiger partial charge >= 0.3 is 10.8 Å². The van der Waals surface area contributed by atoms with Gasteiger partial charge in [0.05, 0.1) is 0 Å². The molecule has 0 atom stereocenters.